The molecule has 1 atom stereocenters. The van der Waals surface area contributed by atoms with Crippen LogP contribution in [0.2, 0.25) is 0 Å². The summed E-state index contributed by atoms with van der Waals surface area (Å²) in [5.74, 6) is 1.64. The molecule has 2 N–H and O–H groups in total. The molecule has 1 fully saturated rings. The molecule has 1 aromatic heterocycles. The molecule has 0 bridgehead atoms. The van der Waals surface area contributed by atoms with Gasteiger partial charge in [-0.25, -0.2) is 8.42 Å². The van der Waals surface area contributed by atoms with Crippen molar-refractivity contribution in [3.05, 3.63) is 5.82 Å². The van der Waals surface area contributed by atoms with Crippen LogP contribution < -0.4 is 5.32 Å². The van der Waals surface area contributed by atoms with Gasteiger partial charge in [-0.05, 0) is 18.3 Å². The van der Waals surface area contributed by atoms with Crippen molar-refractivity contribution in [2.75, 3.05) is 23.4 Å². The van der Waals surface area contributed by atoms with Crippen LogP contribution in [-0.4, -0.2) is 41.6 Å². The van der Waals surface area contributed by atoms with Crippen molar-refractivity contribution >= 4 is 15.8 Å². The van der Waals surface area contributed by atoms with Gasteiger partial charge in [0.05, 0.1) is 11.5 Å². The molecule has 0 amide bonds. The van der Waals surface area contributed by atoms with Crippen LogP contribution in [0.1, 0.15) is 45.4 Å². The van der Waals surface area contributed by atoms with Gasteiger partial charge in [0.1, 0.15) is 5.82 Å². The fraction of sp³-hybridized carbons (Fsp3) is 0.833. The highest BCUT2D eigenvalue weighted by Crippen LogP contribution is 2.27. The molecule has 1 aliphatic rings. The van der Waals surface area contributed by atoms with Gasteiger partial charge < -0.3 is 5.32 Å². The maximum absolute atomic E-state index is 11.4. The molecule has 1 unspecified atom stereocenters. The molecule has 0 spiro atoms. The van der Waals surface area contributed by atoms with Gasteiger partial charge in [-0.3, -0.25) is 5.10 Å². The Kier molecular flexibility index (Phi) is 3.85. The fourth-order valence-electron chi connectivity index (χ4n) is 1.99. The van der Waals surface area contributed by atoms with Crippen molar-refractivity contribution < 1.29 is 8.42 Å². The van der Waals surface area contributed by atoms with E-state index in [1.165, 1.54) is 0 Å². The van der Waals surface area contributed by atoms with Crippen LogP contribution in [0.15, 0.2) is 0 Å². The largest absolute Gasteiger partial charge is 0.352 e. The number of sulfone groups is 1. The lowest BCUT2D eigenvalue weighted by Gasteiger charge is -2.22. The molecule has 1 aliphatic heterocycles. The van der Waals surface area contributed by atoms with Crippen LogP contribution in [0.5, 0.6) is 0 Å². The number of nitrogens with zero attached hydrogens (tertiary/aromatic N) is 2. The van der Waals surface area contributed by atoms with Gasteiger partial charge in [0.25, 0.3) is 0 Å². The summed E-state index contributed by atoms with van der Waals surface area (Å²) in [5.41, 5.74) is 0.192. The lowest BCUT2D eigenvalue weighted by Crippen LogP contribution is -2.22. The van der Waals surface area contributed by atoms with E-state index in [0.29, 0.717) is 18.2 Å². The summed E-state index contributed by atoms with van der Waals surface area (Å²) >= 11 is 0. The molecule has 6 nitrogen and oxygen atoms in total. The van der Waals surface area contributed by atoms with E-state index in [0.717, 1.165) is 13.0 Å². The van der Waals surface area contributed by atoms with E-state index in [4.69, 9.17) is 0 Å². The van der Waals surface area contributed by atoms with Gasteiger partial charge in [0.15, 0.2) is 9.84 Å². The number of anilines is 1. The molecular weight excluding hydrogens is 264 g/mol. The monoisotopic (exact) mass is 286 g/mol. The molecule has 2 rings (SSSR count). The first-order valence-corrected chi connectivity index (χ1v) is 8.50. The van der Waals surface area contributed by atoms with Crippen LogP contribution in [0.4, 0.5) is 5.95 Å². The van der Waals surface area contributed by atoms with Gasteiger partial charge in [0.2, 0.25) is 5.95 Å². The number of aromatic nitrogens is 3. The predicted octanol–water partition coefficient (Wildman–Crippen LogP) is 1.55. The maximum atomic E-state index is 11.4. The van der Waals surface area contributed by atoms with Crippen LogP contribution in [0, 0.1) is 5.41 Å². The minimum Gasteiger partial charge on any atom is -0.352 e. The Hall–Kier alpha value is -1.11. The Morgan fingerprint density at radius 3 is 2.79 bits per heavy atom. The first-order valence-electron chi connectivity index (χ1n) is 6.68. The number of aromatic amines is 1. The second-order valence-electron chi connectivity index (χ2n) is 6.02. The van der Waals surface area contributed by atoms with E-state index >= 15 is 0 Å². The molecule has 1 saturated heterocycles. The van der Waals surface area contributed by atoms with Crippen LogP contribution in [0.3, 0.4) is 0 Å². The van der Waals surface area contributed by atoms with Gasteiger partial charge in [-0.2, -0.15) is 4.98 Å². The fourth-order valence-corrected chi connectivity index (χ4v) is 3.74. The standard InChI is InChI=1S/C12H22N4O2S/c1-4-12(2,3)8-13-11-14-10(15-16-11)9-5-6-19(17,18)7-9/h9H,4-8H2,1-3H3,(H2,13,14,15,16). The summed E-state index contributed by atoms with van der Waals surface area (Å²) in [5, 5.41) is 10.2. The third-order valence-electron chi connectivity index (χ3n) is 3.80. The average molecular weight is 286 g/mol. The Labute approximate surface area is 114 Å². The minimum absolute atomic E-state index is 0.0350. The third-order valence-corrected chi connectivity index (χ3v) is 5.57. The average Bonchev–Trinajstić information content (AvgIpc) is 2.93. The maximum Gasteiger partial charge on any atom is 0.242 e. The second-order valence-corrected chi connectivity index (χ2v) is 8.24. The topological polar surface area (TPSA) is 87.7 Å². The van der Waals surface area contributed by atoms with Crippen molar-refractivity contribution in [2.45, 2.75) is 39.5 Å². The molecule has 7 heteroatoms. The molecule has 19 heavy (non-hydrogen) atoms. The summed E-state index contributed by atoms with van der Waals surface area (Å²) in [6, 6.07) is 0. The Bertz CT molecular complexity index is 536. The number of hydrogen-bond donors (Lipinski definition) is 2. The molecule has 0 aromatic carbocycles. The summed E-state index contributed by atoms with van der Waals surface area (Å²) in [6.07, 6.45) is 1.70. The van der Waals surface area contributed by atoms with Gasteiger partial charge in [0, 0.05) is 12.5 Å². The molecule has 0 aliphatic carbocycles. The predicted molar refractivity (Wildman–Crippen MR) is 75.0 cm³/mol. The minimum atomic E-state index is -2.88. The Morgan fingerprint density at radius 1 is 1.47 bits per heavy atom. The van der Waals surface area contributed by atoms with E-state index in [2.05, 4.69) is 41.3 Å². The molecule has 0 saturated carbocycles. The zero-order valence-corrected chi connectivity index (χ0v) is 12.5. The Balaban J connectivity index is 1.96. The van der Waals surface area contributed by atoms with Gasteiger partial charge in [-0.15, -0.1) is 5.10 Å². The van der Waals surface area contributed by atoms with Crippen molar-refractivity contribution in [3.63, 3.8) is 0 Å². The second kappa shape index (κ2) is 5.11. The number of H-pyrrole nitrogens is 1. The highest BCUT2D eigenvalue weighted by atomic mass is 32.2. The third kappa shape index (κ3) is 3.68. The molecule has 0 radical (unpaired) electrons. The van der Waals surface area contributed by atoms with Gasteiger partial charge in [-0.1, -0.05) is 20.8 Å². The van der Waals surface area contributed by atoms with E-state index in [9.17, 15) is 8.42 Å². The molecular formula is C12H22N4O2S. The SMILES string of the molecule is CCC(C)(C)CNc1n[nH]c(C2CCS(=O)(=O)C2)n1. The van der Waals surface area contributed by atoms with Crippen molar-refractivity contribution in [1.29, 1.82) is 0 Å². The Morgan fingerprint density at radius 2 is 2.21 bits per heavy atom. The molecule has 108 valence electrons. The summed E-state index contributed by atoms with van der Waals surface area (Å²) < 4.78 is 22.9. The van der Waals surface area contributed by atoms with Crippen LogP contribution >= 0.6 is 0 Å². The number of rotatable bonds is 5. The van der Waals surface area contributed by atoms with E-state index < -0.39 is 9.84 Å². The van der Waals surface area contributed by atoms with Crippen LogP contribution in [-0.2, 0) is 9.84 Å². The summed E-state index contributed by atoms with van der Waals surface area (Å²) in [7, 11) is -2.88. The van der Waals surface area contributed by atoms with E-state index in [-0.39, 0.29) is 22.8 Å². The van der Waals surface area contributed by atoms with Gasteiger partial charge >= 0.3 is 0 Å². The van der Waals surface area contributed by atoms with Crippen molar-refractivity contribution in [1.82, 2.24) is 15.2 Å². The first kappa shape index (κ1) is 14.3. The lowest BCUT2D eigenvalue weighted by molar-refractivity contribution is 0.376. The molecule has 2 heterocycles. The van der Waals surface area contributed by atoms with Crippen molar-refractivity contribution in [2.24, 2.45) is 5.41 Å². The quantitative estimate of drug-likeness (QED) is 0.857. The zero-order valence-electron chi connectivity index (χ0n) is 11.7. The summed E-state index contributed by atoms with van der Waals surface area (Å²) in [6.45, 7) is 7.30. The molecule has 1 aromatic rings. The first-order chi connectivity index (χ1) is 8.81. The van der Waals surface area contributed by atoms with Crippen molar-refractivity contribution in [3.8, 4) is 0 Å². The van der Waals surface area contributed by atoms with E-state index in [1.807, 2.05) is 0 Å². The number of nitrogens with one attached hydrogen (secondary N) is 2. The highest BCUT2D eigenvalue weighted by Gasteiger charge is 2.31. The zero-order chi connectivity index (χ0) is 14.1. The smallest absolute Gasteiger partial charge is 0.242 e. The summed E-state index contributed by atoms with van der Waals surface area (Å²) in [4.78, 5) is 4.35. The number of hydrogen-bond acceptors (Lipinski definition) is 5. The van der Waals surface area contributed by atoms with Crippen LogP contribution in [0.25, 0.3) is 0 Å². The van der Waals surface area contributed by atoms with E-state index in [1.54, 1.807) is 0 Å². The highest BCUT2D eigenvalue weighted by molar-refractivity contribution is 7.91. The lowest BCUT2D eigenvalue weighted by atomic mass is 9.90. The normalized spacial score (nSPS) is 22.6.